The third-order valence-electron chi connectivity index (χ3n) is 2.18. The fraction of sp³-hybridized carbons (Fsp3) is 0.400. The molecular weight excluding hydrogens is 260 g/mol. The van der Waals surface area contributed by atoms with Gasteiger partial charge in [0.05, 0.1) is 9.80 Å². The average molecular weight is 272 g/mol. The Morgan fingerprint density at radius 1 is 1.56 bits per heavy atom. The molecule has 0 radical (unpaired) electrons. The molecule has 1 amide bonds. The van der Waals surface area contributed by atoms with Gasteiger partial charge in [-0.3, -0.25) is 14.9 Å². The molecule has 98 valence electrons. The molecule has 1 aromatic heterocycles. The first-order valence-corrected chi connectivity index (χ1v) is 6.05. The smallest absolute Gasteiger partial charge is 0.326 e. The number of carboxylic acid groups (broad SMARTS) is 1. The van der Waals surface area contributed by atoms with Crippen molar-refractivity contribution in [2.24, 2.45) is 0 Å². The van der Waals surface area contributed by atoms with Crippen LogP contribution in [0.2, 0.25) is 0 Å². The van der Waals surface area contributed by atoms with Crippen LogP contribution in [-0.2, 0) is 4.79 Å². The van der Waals surface area contributed by atoms with E-state index in [1.165, 1.54) is 12.1 Å². The van der Waals surface area contributed by atoms with Crippen molar-refractivity contribution >= 4 is 28.2 Å². The summed E-state index contributed by atoms with van der Waals surface area (Å²) in [5.41, 5.74) is 0. The van der Waals surface area contributed by atoms with Crippen molar-refractivity contribution in [1.82, 2.24) is 5.32 Å². The molecule has 0 saturated carbocycles. The van der Waals surface area contributed by atoms with Crippen molar-refractivity contribution < 1.29 is 19.6 Å². The van der Waals surface area contributed by atoms with Crippen LogP contribution >= 0.6 is 11.3 Å². The van der Waals surface area contributed by atoms with Crippen LogP contribution in [0.5, 0.6) is 0 Å². The van der Waals surface area contributed by atoms with Crippen molar-refractivity contribution in [1.29, 1.82) is 0 Å². The molecule has 0 aliphatic heterocycles. The molecule has 8 heteroatoms. The van der Waals surface area contributed by atoms with Crippen LogP contribution in [0.4, 0.5) is 5.00 Å². The van der Waals surface area contributed by atoms with Gasteiger partial charge in [-0.15, -0.1) is 0 Å². The quantitative estimate of drug-likeness (QED) is 0.604. The molecule has 0 bridgehead atoms. The Labute approximate surface area is 107 Å². The number of nitrogens with one attached hydrogen (secondary N) is 1. The molecule has 1 heterocycles. The Morgan fingerprint density at radius 3 is 2.67 bits per heavy atom. The van der Waals surface area contributed by atoms with Crippen molar-refractivity contribution in [2.75, 3.05) is 0 Å². The van der Waals surface area contributed by atoms with E-state index in [0.29, 0.717) is 24.2 Å². The summed E-state index contributed by atoms with van der Waals surface area (Å²) < 4.78 is 0. The molecule has 1 atom stereocenters. The van der Waals surface area contributed by atoms with Crippen LogP contribution in [0.3, 0.4) is 0 Å². The first-order valence-electron chi connectivity index (χ1n) is 5.23. The zero-order valence-corrected chi connectivity index (χ0v) is 10.4. The van der Waals surface area contributed by atoms with Gasteiger partial charge in [0.2, 0.25) is 0 Å². The highest BCUT2D eigenvalue weighted by Gasteiger charge is 2.22. The minimum Gasteiger partial charge on any atom is -0.480 e. The third kappa shape index (κ3) is 3.52. The number of thiophene rings is 1. The maximum absolute atomic E-state index is 11.7. The second kappa shape index (κ2) is 6.10. The number of nitrogens with zero attached hydrogens (tertiary/aromatic N) is 1. The molecule has 2 N–H and O–H groups in total. The van der Waals surface area contributed by atoms with Crippen LogP contribution < -0.4 is 5.32 Å². The Bertz CT molecular complexity index is 471. The van der Waals surface area contributed by atoms with E-state index in [-0.39, 0.29) is 9.88 Å². The number of carbonyl (C=O) groups excluding carboxylic acids is 1. The number of nitro groups is 1. The van der Waals surface area contributed by atoms with Crippen molar-refractivity contribution in [3.05, 3.63) is 27.1 Å². The summed E-state index contributed by atoms with van der Waals surface area (Å²) in [6.07, 6.45) is 0.927. The van der Waals surface area contributed by atoms with E-state index in [4.69, 9.17) is 5.11 Å². The predicted molar refractivity (Wildman–Crippen MR) is 64.8 cm³/mol. The van der Waals surface area contributed by atoms with Crippen molar-refractivity contribution in [2.45, 2.75) is 25.8 Å². The molecule has 0 fully saturated rings. The summed E-state index contributed by atoms with van der Waals surface area (Å²) in [6.45, 7) is 1.80. The van der Waals surface area contributed by atoms with Crippen LogP contribution in [0.25, 0.3) is 0 Å². The van der Waals surface area contributed by atoms with Gasteiger partial charge in [0.1, 0.15) is 6.04 Å². The molecule has 1 aromatic rings. The number of hydrogen-bond donors (Lipinski definition) is 2. The van der Waals surface area contributed by atoms with Crippen molar-refractivity contribution in [3.8, 4) is 0 Å². The highest BCUT2D eigenvalue weighted by Crippen LogP contribution is 2.23. The molecule has 1 unspecified atom stereocenters. The Morgan fingerprint density at radius 2 is 2.22 bits per heavy atom. The van der Waals surface area contributed by atoms with E-state index < -0.39 is 22.8 Å². The van der Waals surface area contributed by atoms with Crippen LogP contribution in [-0.4, -0.2) is 27.9 Å². The largest absolute Gasteiger partial charge is 0.480 e. The lowest BCUT2D eigenvalue weighted by molar-refractivity contribution is -0.380. The fourth-order valence-electron chi connectivity index (χ4n) is 1.32. The second-order valence-corrected chi connectivity index (χ2v) is 4.61. The second-order valence-electron chi connectivity index (χ2n) is 3.55. The first-order chi connectivity index (χ1) is 8.45. The minimum absolute atomic E-state index is 0.129. The Hall–Kier alpha value is -1.96. The summed E-state index contributed by atoms with van der Waals surface area (Å²) >= 11 is 0.717. The molecule has 18 heavy (non-hydrogen) atoms. The summed E-state index contributed by atoms with van der Waals surface area (Å²) in [4.78, 5) is 32.5. The van der Waals surface area contributed by atoms with E-state index in [1.807, 2.05) is 0 Å². The monoisotopic (exact) mass is 272 g/mol. The summed E-state index contributed by atoms with van der Waals surface area (Å²) in [7, 11) is 0. The normalized spacial score (nSPS) is 11.8. The van der Waals surface area contributed by atoms with E-state index >= 15 is 0 Å². The van der Waals surface area contributed by atoms with Crippen LogP contribution in [0, 0.1) is 10.1 Å². The lowest BCUT2D eigenvalue weighted by Crippen LogP contribution is -2.40. The summed E-state index contributed by atoms with van der Waals surface area (Å²) in [5.74, 6) is -1.72. The van der Waals surface area contributed by atoms with Gasteiger partial charge in [-0.25, -0.2) is 4.79 Å². The van der Waals surface area contributed by atoms with Gasteiger partial charge < -0.3 is 10.4 Å². The number of hydrogen-bond acceptors (Lipinski definition) is 5. The highest BCUT2D eigenvalue weighted by molar-refractivity contribution is 7.17. The van der Waals surface area contributed by atoms with Crippen LogP contribution in [0.15, 0.2) is 12.1 Å². The molecular formula is C10H12N2O5S. The molecule has 0 aliphatic rings. The lowest BCUT2D eigenvalue weighted by Gasteiger charge is -2.12. The summed E-state index contributed by atoms with van der Waals surface area (Å²) in [6, 6.07) is 1.56. The van der Waals surface area contributed by atoms with E-state index in [9.17, 15) is 19.7 Å². The lowest BCUT2D eigenvalue weighted by atomic mass is 10.1. The fourth-order valence-corrected chi connectivity index (χ4v) is 2.05. The van der Waals surface area contributed by atoms with Crippen molar-refractivity contribution in [3.63, 3.8) is 0 Å². The Kier molecular flexibility index (Phi) is 4.78. The number of carbonyl (C=O) groups is 2. The maximum Gasteiger partial charge on any atom is 0.326 e. The average Bonchev–Trinajstić information content (AvgIpc) is 2.77. The Balaban J connectivity index is 2.74. The van der Waals surface area contributed by atoms with Gasteiger partial charge in [0.15, 0.2) is 0 Å². The molecule has 7 nitrogen and oxygen atoms in total. The van der Waals surface area contributed by atoms with Gasteiger partial charge in [-0.2, -0.15) is 0 Å². The molecule has 0 aromatic carbocycles. The number of rotatable bonds is 6. The van der Waals surface area contributed by atoms with Crippen LogP contribution in [0.1, 0.15) is 29.4 Å². The molecule has 0 aliphatic carbocycles. The number of carboxylic acids is 1. The van der Waals surface area contributed by atoms with Gasteiger partial charge in [-0.1, -0.05) is 24.7 Å². The summed E-state index contributed by atoms with van der Waals surface area (Å²) in [5, 5.41) is 21.5. The SMILES string of the molecule is CCCC(NC(=O)c1ccc([N+](=O)[O-])s1)C(=O)O. The van der Waals surface area contributed by atoms with E-state index in [2.05, 4.69) is 5.32 Å². The molecule has 0 spiro atoms. The predicted octanol–water partition coefficient (Wildman–Crippen LogP) is 1.64. The van der Waals surface area contributed by atoms with E-state index in [0.717, 1.165) is 0 Å². The standard InChI is InChI=1S/C10H12N2O5S/c1-2-3-6(10(14)15)11-9(13)7-4-5-8(18-7)12(16)17/h4-6H,2-3H2,1H3,(H,11,13)(H,14,15). The number of amides is 1. The topological polar surface area (TPSA) is 110 Å². The van der Waals surface area contributed by atoms with Gasteiger partial charge in [0.25, 0.3) is 5.91 Å². The third-order valence-corrected chi connectivity index (χ3v) is 3.21. The van der Waals surface area contributed by atoms with Gasteiger partial charge >= 0.3 is 11.0 Å². The highest BCUT2D eigenvalue weighted by atomic mass is 32.1. The molecule has 0 saturated heterocycles. The maximum atomic E-state index is 11.7. The number of aliphatic carboxylic acids is 1. The van der Waals surface area contributed by atoms with E-state index in [1.54, 1.807) is 6.92 Å². The van der Waals surface area contributed by atoms with Gasteiger partial charge in [0, 0.05) is 6.07 Å². The van der Waals surface area contributed by atoms with Gasteiger partial charge in [-0.05, 0) is 12.5 Å². The first kappa shape index (κ1) is 14.1. The minimum atomic E-state index is -1.11. The zero-order valence-electron chi connectivity index (χ0n) is 9.58. The zero-order chi connectivity index (χ0) is 13.7. The molecule has 1 rings (SSSR count).